The maximum atomic E-state index is 12.1. The van der Waals surface area contributed by atoms with Crippen molar-refractivity contribution in [1.29, 1.82) is 0 Å². The molecule has 0 spiro atoms. The third kappa shape index (κ3) is 6.91. The molecule has 1 unspecified atom stereocenters. The first-order valence-electron chi connectivity index (χ1n) is 7.92. The lowest BCUT2D eigenvalue weighted by Gasteiger charge is -2.27. The molecule has 1 rings (SSSR count). The van der Waals surface area contributed by atoms with Gasteiger partial charge in [0.2, 0.25) is 0 Å². The van der Waals surface area contributed by atoms with Gasteiger partial charge in [-0.15, -0.1) is 0 Å². The molecule has 128 valence electrons. The molecule has 0 radical (unpaired) electrons. The third-order valence-corrected chi connectivity index (χ3v) is 2.88. The Morgan fingerprint density at radius 1 is 1.18 bits per heavy atom. The molecule has 0 bridgehead atoms. The number of ether oxygens (including phenoxy) is 2. The number of carbonyl (C=O) groups is 3. The van der Waals surface area contributed by atoms with Crippen LogP contribution in [0.2, 0.25) is 0 Å². The second-order valence-electron chi connectivity index (χ2n) is 5.78. The lowest BCUT2D eigenvalue weighted by atomic mass is 10.1. The largest absolute Gasteiger partial charge is 0.466 e. The van der Waals surface area contributed by atoms with Crippen molar-refractivity contribution in [2.75, 3.05) is 13.2 Å². The van der Waals surface area contributed by atoms with Gasteiger partial charge in [0.15, 0.2) is 5.78 Å². The topological polar surface area (TPSA) is 72.9 Å². The summed E-state index contributed by atoms with van der Waals surface area (Å²) in [6, 6.07) is -0.575. The van der Waals surface area contributed by atoms with Gasteiger partial charge in [-0.2, -0.15) is 0 Å². The zero-order chi connectivity index (χ0) is 17.3. The van der Waals surface area contributed by atoms with Gasteiger partial charge >= 0.3 is 12.1 Å². The van der Waals surface area contributed by atoms with Crippen LogP contribution in [0.1, 0.15) is 60.8 Å². The molecular formula is C16H29NO5. The minimum Gasteiger partial charge on any atom is -0.466 e. The number of rotatable bonds is 4. The zero-order valence-electron chi connectivity index (χ0n) is 14.6. The minimum atomic E-state index is -0.603. The number of hydrogen-bond acceptors (Lipinski definition) is 5. The molecule has 6 nitrogen and oxygen atoms in total. The maximum Gasteiger partial charge on any atom is 0.410 e. The van der Waals surface area contributed by atoms with E-state index in [2.05, 4.69) is 0 Å². The second kappa shape index (κ2) is 9.43. The zero-order valence-corrected chi connectivity index (χ0v) is 14.6. The van der Waals surface area contributed by atoms with Gasteiger partial charge in [0.1, 0.15) is 12.0 Å². The van der Waals surface area contributed by atoms with E-state index in [1.54, 1.807) is 27.7 Å². The van der Waals surface area contributed by atoms with Crippen LogP contribution >= 0.6 is 0 Å². The van der Waals surface area contributed by atoms with E-state index in [1.165, 1.54) is 4.90 Å². The van der Waals surface area contributed by atoms with E-state index in [9.17, 15) is 14.4 Å². The van der Waals surface area contributed by atoms with Crippen molar-refractivity contribution in [3.63, 3.8) is 0 Å². The molecule has 0 aliphatic carbocycles. The predicted octanol–water partition coefficient (Wildman–Crippen LogP) is 2.93. The summed E-state index contributed by atoms with van der Waals surface area (Å²) in [5, 5.41) is 0. The first-order valence-corrected chi connectivity index (χ1v) is 7.92. The number of hydrogen-bond donors (Lipinski definition) is 0. The highest BCUT2D eigenvalue weighted by atomic mass is 16.6. The summed E-state index contributed by atoms with van der Waals surface area (Å²) in [7, 11) is 0. The normalized spacial score (nSPS) is 17.4. The van der Waals surface area contributed by atoms with E-state index in [1.807, 2.05) is 13.8 Å². The molecule has 6 heteroatoms. The highest BCUT2D eigenvalue weighted by molar-refractivity contribution is 5.99. The summed E-state index contributed by atoms with van der Waals surface area (Å²) < 4.78 is 10.0. The molecule has 1 heterocycles. The van der Waals surface area contributed by atoms with Crippen LogP contribution in [0.15, 0.2) is 0 Å². The van der Waals surface area contributed by atoms with Crippen LogP contribution in [0.5, 0.6) is 0 Å². The first-order chi connectivity index (χ1) is 10.2. The lowest BCUT2D eigenvalue weighted by Crippen LogP contribution is -2.43. The van der Waals surface area contributed by atoms with Crippen molar-refractivity contribution in [2.24, 2.45) is 0 Å². The second-order valence-corrected chi connectivity index (χ2v) is 5.78. The average molecular weight is 315 g/mol. The summed E-state index contributed by atoms with van der Waals surface area (Å²) in [6.45, 7) is 11.7. The molecule has 0 aromatic rings. The van der Waals surface area contributed by atoms with E-state index < -0.39 is 23.7 Å². The highest BCUT2D eigenvalue weighted by Crippen LogP contribution is 2.22. The number of esters is 1. The van der Waals surface area contributed by atoms with Gasteiger partial charge in [-0.05, 0) is 40.5 Å². The first kappa shape index (κ1) is 20.4. The number of ketones is 1. The Morgan fingerprint density at radius 3 is 2.27 bits per heavy atom. The van der Waals surface area contributed by atoms with Gasteiger partial charge in [0.05, 0.1) is 12.6 Å². The van der Waals surface area contributed by atoms with Crippen LogP contribution in [-0.4, -0.2) is 47.5 Å². The van der Waals surface area contributed by atoms with Gasteiger partial charge in [0.25, 0.3) is 0 Å². The van der Waals surface area contributed by atoms with Crippen LogP contribution in [-0.2, 0) is 19.1 Å². The van der Waals surface area contributed by atoms with E-state index in [4.69, 9.17) is 9.47 Å². The molecule has 1 fully saturated rings. The van der Waals surface area contributed by atoms with Crippen molar-refractivity contribution in [3.05, 3.63) is 0 Å². The van der Waals surface area contributed by atoms with Crippen LogP contribution in [0.25, 0.3) is 0 Å². The molecule has 1 aliphatic heterocycles. The molecule has 1 amide bonds. The quantitative estimate of drug-likeness (QED) is 0.589. The Hall–Kier alpha value is -1.59. The van der Waals surface area contributed by atoms with Gasteiger partial charge in [-0.3, -0.25) is 14.5 Å². The third-order valence-electron chi connectivity index (χ3n) is 2.88. The fraction of sp³-hybridized carbons (Fsp3) is 0.812. The van der Waals surface area contributed by atoms with Crippen molar-refractivity contribution in [2.45, 2.75) is 72.4 Å². The Balaban J connectivity index is 0.00000211. The molecule has 0 aromatic carbocycles. The van der Waals surface area contributed by atoms with Crippen LogP contribution in [0.4, 0.5) is 4.79 Å². The van der Waals surface area contributed by atoms with Crippen molar-refractivity contribution in [3.8, 4) is 0 Å². The van der Waals surface area contributed by atoms with E-state index >= 15 is 0 Å². The monoisotopic (exact) mass is 315 g/mol. The molecule has 0 saturated carbocycles. The standard InChI is InChI=1S/C14H23NO5.C2H6/c1-5-19-12(17)9-11(16)10-7-6-8-15(10)13(18)20-14(2,3)4;1-2/h10H,5-9H2,1-4H3;1-2H3. The fourth-order valence-corrected chi connectivity index (χ4v) is 2.11. The number of carbonyl (C=O) groups excluding carboxylic acids is 3. The maximum absolute atomic E-state index is 12.1. The number of nitrogens with zero attached hydrogens (tertiary/aromatic N) is 1. The smallest absolute Gasteiger partial charge is 0.410 e. The molecule has 0 N–H and O–H groups in total. The van der Waals surface area contributed by atoms with Gasteiger partial charge in [-0.1, -0.05) is 13.8 Å². The molecule has 22 heavy (non-hydrogen) atoms. The van der Waals surface area contributed by atoms with E-state index in [0.29, 0.717) is 13.0 Å². The Kier molecular flexibility index (Phi) is 8.75. The number of Topliss-reactive ketones (excluding diaryl/α,β-unsaturated/α-hetero) is 1. The molecule has 1 atom stereocenters. The number of amides is 1. The summed E-state index contributed by atoms with van der Waals surface area (Å²) in [4.78, 5) is 36.8. The van der Waals surface area contributed by atoms with Crippen molar-refractivity contribution in [1.82, 2.24) is 4.90 Å². The number of likely N-dealkylation sites (tertiary alicyclic amines) is 1. The summed E-state index contributed by atoms with van der Waals surface area (Å²) in [5.74, 6) is -0.833. The van der Waals surface area contributed by atoms with Gasteiger partial charge in [0, 0.05) is 6.54 Å². The molecular weight excluding hydrogens is 286 g/mol. The van der Waals surface area contributed by atoms with E-state index in [0.717, 1.165) is 6.42 Å². The van der Waals surface area contributed by atoms with Crippen LogP contribution in [0.3, 0.4) is 0 Å². The average Bonchev–Trinajstić information content (AvgIpc) is 2.88. The Labute approximate surface area is 133 Å². The summed E-state index contributed by atoms with van der Waals surface area (Å²) >= 11 is 0. The summed E-state index contributed by atoms with van der Waals surface area (Å²) in [5.41, 5.74) is -0.603. The predicted molar refractivity (Wildman–Crippen MR) is 83.6 cm³/mol. The molecule has 0 aromatic heterocycles. The van der Waals surface area contributed by atoms with E-state index in [-0.39, 0.29) is 18.8 Å². The minimum absolute atomic E-state index is 0.243. The van der Waals surface area contributed by atoms with Gasteiger partial charge in [-0.25, -0.2) is 4.79 Å². The summed E-state index contributed by atoms with van der Waals surface area (Å²) in [6.07, 6.45) is 0.505. The highest BCUT2D eigenvalue weighted by Gasteiger charge is 2.37. The van der Waals surface area contributed by atoms with Crippen molar-refractivity contribution < 1.29 is 23.9 Å². The van der Waals surface area contributed by atoms with Crippen LogP contribution < -0.4 is 0 Å². The Bertz CT molecular complexity index is 386. The Morgan fingerprint density at radius 2 is 1.77 bits per heavy atom. The molecule has 1 saturated heterocycles. The fourth-order valence-electron chi connectivity index (χ4n) is 2.11. The SMILES string of the molecule is CC.CCOC(=O)CC(=O)C1CCCN1C(=O)OC(C)(C)C. The lowest BCUT2D eigenvalue weighted by molar-refractivity contribution is -0.146. The van der Waals surface area contributed by atoms with Crippen molar-refractivity contribution >= 4 is 17.8 Å². The van der Waals surface area contributed by atoms with Gasteiger partial charge < -0.3 is 9.47 Å². The molecule has 1 aliphatic rings. The van der Waals surface area contributed by atoms with Crippen LogP contribution in [0, 0.1) is 0 Å².